The molecule has 2 rings (SSSR count). The van der Waals surface area contributed by atoms with Crippen LogP contribution in [0.15, 0.2) is 28.9 Å². The van der Waals surface area contributed by atoms with Crippen LogP contribution in [0, 0.1) is 12.1 Å². The van der Waals surface area contributed by atoms with Gasteiger partial charge in [-0.15, -0.1) is 0 Å². The minimum atomic E-state index is 0.0788. The summed E-state index contributed by atoms with van der Waals surface area (Å²) in [6, 6.07) is 6.81. The molecular formula is C11H10N2O4. The van der Waals surface area contributed by atoms with Gasteiger partial charge in [-0.1, -0.05) is 12.1 Å². The van der Waals surface area contributed by atoms with Gasteiger partial charge in [0, 0.05) is 12.1 Å². The third-order valence-electron chi connectivity index (χ3n) is 2.33. The van der Waals surface area contributed by atoms with E-state index in [4.69, 9.17) is 4.74 Å². The molecule has 17 heavy (non-hydrogen) atoms. The number of hydrogen-bond donors (Lipinski definition) is 0. The molecular weight excluding hydrogens is 224 g/mol. The molecule has 0 aliphatic heterocycles. The fourth-order valence-corrected chi connectivity index (χ4v) is 1.31. The van der Waals surface area contributed by atoms with Gasteiger partial charge >= 0.3 is 0 Å². The monoisotopic (exact) mass is 234 g/mol. The molecule has 0 radical (unpaired) electrons. The zero-order valence-corrected chi connectivity index (χ0v) is 9.12. The van der Waals surface area contributed by atoms with Crippen molar-refractivity contribution in [2.75, 3.05) is 0 Å². The molecule has 0 aliphatic carbocycles. The molecule has 88 valence electrons. The Kier molecular flexibility index (Phi) is 3.04. The van der Waals surface area contributed by atoms with Gasteiger partial charge in [-0.2, -0.15) is 0 Å². The zero-order valence-electron chi connectivity index (χ0n) is 9.12. The SMILES string of the molecule is Cc1c(COc2ccccc2C=O)no[n+]1[O-]. The van der Waals surface area contributed by atoms with Gasteiger partial charge in [-0.05, 0) is 17.0 Å². The predicted molar refractivity (Wildman–Crippen MR) is 56.4 cm³/mol. The van der Waals surface area contributed by atoms with Crippen LogP contribution in [-0.2, 0) is 6.61 Å². The van der Waals surface area contributed by atoms with Crippen LogP contribution in [0.1, 0.15) is 21.7 Å². The lowest BCUT2D eigenvalue weighted by Gasteiger charge is -2.04. The number of rotatable bonds is 4. The average molecular weight is 234 g/mol. The Morgan fingerprint density at radius 3 is 2.94 bits per heavy atom. The summed E-state index contributed by atoms with van der Waals surface area (Å²) in [6.07, 6.45) is 0.707. The third-order valence-corrected chi connectivity index (χ3v) is 2.33. The molecule has 1 aromatic carbocycles. The number of ether oxygens (including phenoxy) is 1. The lowest BCUT2D eigenvalue weighted by Crippen LogP contribution is -2.26. The molecule has 0 bridgehead atoms. The van der Waals surface area contributed by atoms with E-state index in [0.29, 0.717) is 33.9 Å². The minimum Gasteiger partial charge on any atom is -0.484 e. The molecule has 0 spiro atoms. The quantitative estimate of drug-likeness (QED) is 0.582. The largest absolute Gasteiger partial charge is 0.484 e. The van der Waals surface area contributed by atoms with Crippen molar-refractivity contribution < 1.29 is 19.1 Å². The molecule has 0 saturated carbocycles. The second kappa shape index (κ2) is 4.65. The van der Waals surface area contributed by atoms with E-state index >= 15 is 0 Å². The third kappa shape index (κ3) is 2.25. The lowest BCUT2D eigenvalue weighted by atomic mass is 10.2. The van der Waals surface area contributed by atoms with Crippen molar-refractivity contribution in [1.29, 1.82) is 0 Å². The fourth-order valence-electron chi connectivity index (χ4n) is 1.31. The first-order valence-electron chi connectivity index (χ1n) is 4.94. The van der Waals surface area contributed by atoms with Crippen LogP contribution >= 0.6 is 0 Å². The summed E-state index contributed by atoms with van der Waals surface area (Å²) in [5.74, 6) is 0.447. The first kappa shape index (κ1) is 11.1. The van der Waals surface area contributed by atoms with Crippen LogP contribution in [0.25, 0.3) is 0 Å². The molecule has 0 N–H and O–H groups in total. The number of hydrogen-bond acceptors (Lipinski definition) is 5. The van der Waals surface area contributed by atoms with Crippen LogP contribution in [0.2, 0.25) is 0 Å². The van der Waals surface area contributed by atoms with Gasteiger partial charge in [0.05, 0.1) is 5.56 Å². The maximum atomic E-state index is 11.0. The summed E-state index contributed by atoms with van der Waals surface area (Å²) in [4.78, 5) is 11.1. The van der Waals surface area contributed by atoms with E-state index in [9.17, 15) is 10.0 Å². The van der Waals surface area contributed by atoms with Gasteiger partial charge in [0.25, 0.3) is 5.69 Å². The standard InChI is InChI=1S/C11H10N2O4/c1-8-10(12-17-13(8)15)7-16-11-5-3-2-4-9(11)6-14/h2-6H,7H2,1H3. The average Bonchev–Trinajstić information content (AvgIpc) is 2.68. The van der Waals surface area contributed by atoms with Crippen LogP contribution in [0.5, 0.6) is 5.75 Å². The van der Waals surface area contributed by atoms with Crippen molar-refractivity contribution >= 4 is 6.29 Å². The molecule has 0 saturated heterocycles. The van der Waals surface area contributed by atoms with Crippen molar-refractivity contribution in [1.82, 2.24) is 5.16 Å². The van der Waals surface area contributed by atoms with E-state index in [0.717, 1.165) is 0 Å². The Bertz CT molecular complexity index is 536. The zero-order chi connectivity index (χ0) is 12.3. The van der Waals surface area contributed by atoms with E-state index < -0.39 is 0 Å². The fraction of sp³-hybridized carbons (Fsp3) is 0.182. The normalized spacial score (nSPS) is 10.2. The Balaban J connectivity index is 2.12. The molecule has 2 aromatic rings. The van der Waals surface area contributed by atoms with Crippen molar-refractivity contribution in [3.8, 4) is 5.75 Å². The molecule has 0 atom stereocenters. The van der Waals surface area contributed by atoms with Gasteiger partial charge in [-0.25, -0.2) is 0 Å². The van der Waals surface area contributed by atoms with Crippen molar-refractivity contribution in [2.45, 2.75) is 13.5 Å². The summed E-state index contributed by atoms with van der Waals surface area (Å²) in [6.45, 7) is 1.66. The molecule has 0 amide bonds. The van der Waals surface area contributed by atoms with Crippen LogP contribution in [0.4, 0.5) is 0 Å². The maximum Gasteiger partial charge on any atom is 0.258 e. The highest BCUT2D eigenvalue weighted by Gasteiger charge is 2.15. The second-order valence-electron chi connectivity index (χ2n) is 3.41. The predicted octanol–water partition coefficient (Wildman–Crippen LogP) is 1.01. The van der Waals surface area contributed by atoms with E-state index in [-0.39, 0.29) is 6.61 Å². The highest BCUT2D eigenvalue weighted by molar-refractivity contribution is 5.79. The molecule has 6 heteroatoms. The van der Waals surface area contributed by atoms with Crippen LogP contribution in [-0.4, -0.2) is 11.4 Å². The lowest BCUT2D eigenvalue weighted by molar-refractivity contribution is -0.806. The first-order valence-corrected chi connectivity index (χ1v) is 4.94. The number of benzene rings is 1. The van der Waals surface area contributed by atoms with E-state index in [1.807, 2.05) is 0 Å². The summed E-state index contributed by atoms with van der Waals surface area (Å²) < 4.78 is 9.80. The van der Waals surface area contributed by atoms with Gasteiger partial charge in [-0.3, -0.25) is 9.42 Å². The molecule has 1 heterocycles. The van der Waals surface area contributed by atoms with Gasteiger partial charge in [0.2, 0.25) is 0 Å². The van der Waals surface area contributed by atoms with E-state index in [2.05, 4.69) is 9.79 Å². The Morgan fingerprint density at radius 1 is 1.53 bits per heavy atom. The summed E-state index contributed by atoms with van der Waals surface area (Å²) in [5.41, 5.74) is 1.19. The number of aldehydes is 1. The molecule has 1 aromatic heterocycles. The maximum absolute atomic E-state index is 11.0. The van der Waals surface area contributed by atoms with Crippen molar-refractivity contribution in [3.63, 3.8) is 0 Å². The van der Waals surface area contributed by atoms with Crippen LogP contribution < -0.4 is 9.64 Å². The van der Waals surface area contributed by atoms with Crippen molar-refractivity contribution in [2.24, 2.45) is 0 Å². The Labute approximate surface area is 97.0 Å². The number of para-hydroxylation sites is 1. The van der Waals surface area contributed by atoms with Gasteiger partial charge < -0.3 is 9.94 Å². The minimum absolute atomic E-state index is 0.0788. The number of nitrogens with zero attached hydrogens (tertiary/aromatic N) is 2. The highest BCUT2D eigenvalue weighted by atomic mass is 16.8. The van der Waals surface area contributed by atoms with Gasteiger partial charge in [0.15, 0.2) is 18.6 Å². The summed E-state index contributed by atoms with van der Waals surface area (Å²) in [5, 5.41) is 14.5. The number of carbonyl (C=O) groups is 1. The van der Waals surface area contributed by atoms with Crippen LogP contribution in [0.3, 0.4) is 0 Å². The molecule has 0 fully saturated rings. The van der Waals surface area contributed by atoms with Crippen molar-refractivity contribution in [3.05, 3.63) is 46.4 Å². The number of carbonyl (C=O) groups excluding carboxylic acids is 1. The smallest absolute Gasteiger partial charge is 0.258 e. The summed E-state index contributed by atoms with van der Waals surface area (Å²) in [7, 11) is 0. The van der Waals surface area contributed by atoms with E-state index in [1.54, 1.807) is 31.2 Å². The highest BCUT2D eigenvalue weighted by Crippen LogP contribution is 2.17. The Hall–Kier alpha value is -2.37. The molecule has 0 unspecified atom stereocenters. The second-order valence-corrected chi connectivity index (χ2v) is 3.41. The molecule has 6 nitrogen and oxygen atoms in total. The van der Waals surface area contributed by atoms with Gasteiger partial charge in [0.1, 0.15) is 5.75 Å². The Morgan fingerprint density at radius 2 is 2.29 bits per heavy atom. The van der Waals surface area contributed by atoms with E-state index in [1.165, 1.54) is 0 Å². The molecule has 0 aliphatic rings. The topological polar surface area (TPSA) is 79.3 Å². The number of aromatic nitrogens is 2. The summed E-state index contributed by atoms with van der Waals surface area (Å²) >= 11 is 0. The first-order chi connectivity index (χ1) is 8.22.